The maximum atomic E-state index is 13.5. The molecule has 5 heterocycles. The number of ether oxygens (including phenoxy) is 1. The van der Waals surface area contributed by atoms with Crippen LogP contribution in [0.4, 0.5) is 0 Å². The average Bonchev–Trinajstić information content (AvgIpc) is 3.15. The summed E-state index contributed by atoms with van der Waals surface area (Å²) in [6.45, 7) is 1.97. The quantitative estimate of drug-likeness (QED) is 0.769. The third-order valence-corrected chi connectivity index (χ3v) is 6.80. The first-order chi connectivity index (χ1) is 14.6. The van der Waals surface area contributed by atoms with Gasteiger partial charge >= 0.3 is 0 Å². The molecule has 2 amide bonds. The van der Waals surface area contributed by atoms with Gasteiger partial charge in [-0.3, -0.25) is 14.4 Å². The fraction of sp³-hybridized carbons (Fsp3) is 0.500. The highest BCUT2D eigenvalue weighted by Gasteiger charge is 2.43. The highest BCUT2D eigenvalue weighted by atomic mass is 16.5. The topological polar surface area (TPSA) is 85.0 Å². The number of carbonyl (C=O) groups is 2. The van der Waals surface area contributed by atoms with Gasteiger partial charge in [0.2, 0.25) is 0 Å². The van der Waals surface area contributed by atoms with Crippen molar-refractivity contribution in [2.45, 2.75) is 50.4 Å². The van der Waals surface area contributed by atoms with E-state index in [1.54, 1.807) is 15.5 Å². The van der Waals surface area contributed by atoms with Crippen molar-refractivity contribution in [3.63, 3.8) is 0 Å². The number of hydrogen-bond acceptors (Lipinski definition) is 5. The second kappa shape index (κ2) is 6.57. The molecule has 0 N–H and O–H groups in total. The van der Waals surface area contributed by atoms with Crippen molar-refractivity contribution in [1.82, 2.24) is 14.4 Å². The molecule has 3 fully saturated rings. The number of hydrogen-bond donors (Lipinski definition) is 0. The van der Waals surface area contributed by atoms with Crippen LogP contribution in [0.5, 0.6) is 0 Å². The lowest BCUT2D eigenvalue weighted by molar-refractivity contribution is 0.0256. The van der Waals surface area contributed by atoms with E-state index in [1.165, 1.54) is 12.5 Å². The zero-order chi connectivity index (χ0) is 20.4. The van der Waals surface area contributed by atoms with Crippen LogP contribution < -0.4 is 5.56 Å². The van der Waals surface area contributed by atoms with E-state index in [2.05, 4.69) is 0 Å². The van der Waals surface area contributed by atoms with Crippen molar-refractivity contribution >= 4 is 11.8 Å². The normalized spacial score (nSPS) is 24.9. The summed E-state index contributed by atoms with van der Waals surface area (Å²) in [5.74, 6) is -0.267. The van der Waals surface area contributed by atoms with Crippen molar-refractivity contribution in [2.75, 3.05) is 19.7 Å². The van der Waals surface area contributed by atoms with E-state index in [4.69, 9.17) is 9.15 Å². The molecule has 0 radical (unpaired) electrons. The van der Waals surface area contributed by atoms with Crippen LogP contribution in [0.3, 0.4) is 0 Å². The Morgan fingerprint density at radius 3 is 2.67 bits per heavy atom. The number of carbonyl (C=O) groups excluding carboxylic acids is 2. The predicted octanol–water partition coefficient (Wildman–Crippen LogP) is 1.59. The molecule has 2 atom stereocenters. The van der Waals surface area contributed by atoms with E-state index < -0.39 is 0 Å². The Bertz CT molecular complexity index is 1080. The summed E-state index contributed by atoms with van der Waals surface area (Å²) < 4.78 is 12.4. The van der Waals surface area contributed by atoms with Crippen molar-refractivity contribution < 1.29 is 18.7 Å². The largest absolute Gasteiger partial charge is 0.472 e. The fourth-order valence-electron chi connectivity index (χ4n) is 5.05. The maximum absolute atomic E-state index is 13.5. The van der Waals surface area contributed by atoms with Crippen LogP contribution in [0.1, 0.15) is 57.1 Å². The van der Waals surface area contributed by atoms with Gasteiger partial charge in [-0.1, -0.05) is 0 Å². The summed E-state index contributed by atoms with van der Waals surface area (Å²) in [7, 11) is 0. The standard InChI is InChI=1S/C22H23N3O5/c26-20(13-4-6-29-11-13)23-5-3-18-14(8-23)9-24(15-1-2-15)21(27)19(18)22(28)25-10-17-7-16(25)12-30-17/h4,6,9,11,15-17H,1-3,5,7-8,10,12H2/t16-,17-/m1/s1. The first-order valence-corrected chi connectivity index (χ1v) is 10.6. The van der Waals surface area contributed by atoms with Gasteiger partial charge in [-0.2, -0.15) is 0 Å². The average molecular weight is 409 g/mol. The SMILES string of the molecule is O=C(c1ccoc1)N1CCc2c(cn(C3CC3)c(=O)c2C(=O)N2C[C@H]3C[C@@H]2CO3)C1. The Kier molecular flexibility index (Phi) is 3.93. The van der Waals surface area contributed by atoms with E-state index in [9.17, 15) is 14.4 Å². The van der Waals surface area contributed by atoms with Gasteiger partial charge in [-0.05, 0) is 42.9 Å². The minimum absolute atomic E-state index is 0.0647. The molecule has 156 valence electrons. The second-order valence-electron chi connectivity index (χ2n) is 8.74. The summed E-state index contributed by atoms with van der Waals surface area (Å²) in [5.41, 5.74) is 2.34. The number of fused-ring (bicyclic) bond motifs is 3. The van der Waals surface area contributed by atoms with E-state index in [0.717, 1.165) is 30.4 Å². The molecule has 8 nitrogen and oxygen atoms in total. The number of amides is 2. The van der Waals surface area contributed by atoms with Gasteiger partial charge in [0.25, 0.3) is 17.4 Å². The lowest BCUT2D eigenvalue weighted by Gasteiger charge is -2.32. The molecule has 2 saturated heterocycles. The fourth-order valence-corrected chi connectivity index (χ4v) is 5.05. The summed E-state index contributed by atoms with van der Waals surface area (Å²) in [6, 6.07) is 1.88. The monoisotopic (exact) mass is 409 g/mol. The molecule has 2 aromatic heterocycles. The molecule has 0 aromatic carbocycles. The minimum Gasteiger partial charge on any atom is -0.472 e. The van der Waals surface area contributed by atoms with Crippen LogP contribution in [0.15, 0.2) is 34.0 Å². The highest BCUT2D eigenvalue weighted by molar-refractivity contribution is 5.97. The van der Waals surface area contributed by atoms with Gasteiger partial charge in [0.15, 0.2) is 0 Å². The van der Waals surface area contributed by atoms with Gasteiger partial charge in [-0.25, -0.2) is 0 Å². The smallest absolute Gasteiger partial charge is 0.263 e. The van der Waals surface area contributed by atoms with Crippen molar-refractivity contribution in [3.8, 4) is 0 Å². The van der Waals surface area contributed by atoms with Gasteiger partial charge in [0.05, 0.1) is 30.6 Å². The number of pyridine rings is 1. The van der Waals surface area contributed by atoms with Crippen LogP contribution in [0, 0.1) is 0 Å². The van der Waals surface area contributed by atoms with Crippen molar-refractivity contribution in [1.29, 1.82) is 0 Å². The number of rotatable bonds is 3. The molecule has 0 spiro atoms. The number of aromatic nitrogens is 1. The van der Waals surface area contributed by atoms with Gasteiger partial charge in [-0.15, -0.1) is 0 Å². The van der Waals surface area contributed by atoms with Crippen molar-refractivity contribution in [3.05, 3.63) is 57.4 Å². The Morgan fingerprint density at radius 1 is 1.13 bits per heavy atom. The van der Waals surface area contributed by atoms with Gasteiger partial charge in [0, 0.05) is 31.9 Å². The summed E-state index contributed by atoms with van der Waals surface area (Å²) >= 11 is 0. The lowest BCUT2D eigenvalue weighted by Crippen LogP contribution is -2.46. The minimum atomic E-state index is -0.181. The molecule has 2 bridgehead atoms. The molecule has 6 rings (SSSR count). The summed E-state index contributed by atoms with van der Waals surface area (Å²) in [5, 5.41) is 0. The molecule has 30 heavy (non-hydrogen) atoms. The zero-order valence-electron chi connectivity index (χ0n) is 16.6. The van der Waals surface area contributed by atoms with E-state index >= 15 is 0 Å². The zero-order valence-corrected chi connectivity index (χ0v) is 16.6. The maximum Gasteiger partial charge on any atom is 0.263 e. The number of furan rings is 1. The van der Waals surface area contributed by atoms with E-state index in [-0.39, 0.29) is 35.6 Å². The molecule has 0 unspecified atom stereocenters. The Morgan fingerprint density at radius 2 is 2.00 bits per heavy atom. The third-order valence-electron chi connectivity index (χ3n) is 6.80. The van der Waals surface area contributed by atoms with Gasteiger partial charge < -0.3 is 23.5 Å². The predicted molar refractivity (Wildman–Crippen MR) is 105 cm³/mol. The third kappa shape index (κ3) is 2.74. The molecular formula is C22H23N3O5. The molecule has 3 aliphatic heterocycles. The first kappa shape index (κ1) is 17.9. The Balaban J connectivity index is 1.38. The van der Waals surface area contributed by atoms with Gasteiger partial charge in [0.1, 0.15) is 11.8 Å². The van der Waals surface area contributed by atoms with Crippen LogP contribution in [0.2, 0.25) is 0 Å². The van der Waals surface area contributed by atoms with Crippen LogP contribution >= 0.6 is 0 Å². The highest BCUT2D eigenvalue weighted by Crippen LogP contribution is 2.36. The van der Waals surface area contributed by atoms with E-state index in [1.807, 2.05) is 11.1 Å². The first-order valence-electron chi connectivity index (χ1n) is 10.6. The van der Waals surface area contributed by atoms with Crippen LogP contribution in [-0.4, -0.2) is 58.0 Å². The molecular weight excluding hydrogens is 386 g/mol. The van der Waals surface area contributed by atoms with Crippen molar-refractivity contribution in [2.24, 2.45) is 0 Å². The van der Waals surface area contributed by atoms with E-state index in [0.29, 0.717) is 43.8 Å². The van der Waals surface area contributed by atoms with Crippen LogP contribution in [-0.2, 0) is 17.7 Å². The second-order valence-corrected chi connectivity index (χ2v) is 8.74. The molecule has 1 aliphatic carbocycles. The number of morpholine rings is 1. The summed E-state index contributed by atoms with van der Waals surface area (Å²) in [4.78, 5) is 43.2. The summed E-state index contributed by atoms with van der Waals surface area (Å²) in [6.07, 6.45) is 8.15. The number of likely N-dealkylation sites (tertiary alicyclic amines) is 1. The number of nitrogens with zero attached hydrogens (tertiary/aromatic N) is 3. The molecule has 8 heteroatoms. The molecule has 2 aromatic rings. The molecule has 4 aliphatic rings. The Hall–Kier alpha value is -2.87. The molecule has 1 saturated carbocycles. The van der Waals surface area contributed by atoms with Crippen LogP contribution in [0.25, 0.3) is 0 Å². The lowest BCUT2D eigenvalue weighted by atomic mass is 9.95. The Labute approximate surface area is 173 Å².